The second kappa shape index (κ2) is 9.92. The van der Waals surface area contributed by atoms with E-state index in [0.29, 0.717) is 30.3 Å². The third kappa shape index (κ3) is 5.46. The van der Waals surface area contributed by atoms with Gasteiger partial charge in [-0.2, -0.15) is 8.42 Å². The number of aromatic nitrogens is 1. The molecule has 0 radical (unpaired) electrons. The lowest BCUT2D eigenvalue weighted by atomic mass is 9.96. The summed E-state index contributed by atoms with van der Waals surface area (Å²) in [6.45, 7) is 5.62. The van der Waals surface area contributed by atoms with Gasteiger partial charge in [0.05, 0.1) is 17.9 Å². The summed E-state index contributed by atoms with van der Waals surface area (Å²) in [6.07, 6.45) is 2.06. The van der Waals surface area contributed by atoms with Crippen LogP contribution in [0.2, 0.25) is 0 Å². The van der Waals surface area contributed by atoms with Crippen LogP contribution in [0.4, 0.5) is 5.69 Å². The number of carbonyl (C=O) groups is 1. The summed E-state index contributed by atoms with van der Waals surface area (Å²) in [5, 5.41) is 9.88. The van der Waals surface area contributed by atoms with Gasteiger partial charge in [0.2, 0.25) is 5.88 Å². The molecular formula is C28H31N3O6S. The van der Waals surface area contributed by atoms with Crippen LogP contribution in [-0.4, -0.2) is 43.2 Å². The second-order valence-corrected chi connectivity index (χ2v) is 11.8. The van der Waals surface area contributed by atoms with Crippen molar-refractivity contribution >= 4 is 21.8 Å². The third-order valence-corrected chi connectivity index (χ3v) is 8.16. The van der Waals surface area contributed by atoms with E-state index in [2.05, 4.69) is 17.1 Å². The molecule has 1 atom stereocenters. The van der Waals surface area contributed by atoms with Crippen molar-refractivity contribution in [2.45, 2.75) is 51.7 Å². The van der Waals surface area contributed by atoms with Gasteiger partial charge in [0.15, 0.2) is 0 Å². The van der Waals surface area contributed by atoms with Gasteiger partial charge in [-0.25, -0.2) is 14.0 Å². The summed E-state index contributed by atoms with van der Waals surface area (Å²) in [5.74, 6) is 0.606. The second-order valence-electron chi connectivity index (χ2n) is 10.2. The number of rotatable bonds is 8. The third-order valence-electron chi connectivity index (χ3n) is 6.75. The van der Waals surface area contributed by atoms with Gasteiger partial charge in [-0.3, -0.25) is 4.79 Å². The molecule has 0 bridgehead atoms. The van der Waals surface area contributed by atoms with Crippen molar-refractivity contribution in [3.63, 3.8) is 0 Å². The minimum Gasteiger partial charge on any atom is -0.486 e. The Labute approximate surface area is 222 Å². The van der Waals surface area contributed by atoms with Gasteiger partial charge in [0.25, 0.3) is 5.91 Å². The van der Waals surface area contributed by atoms with Gasteiger partial charge >= 0.3 is 10.2 Å². The summed E-state index contributed by atoms with van der Waals surface area (Å²) < 4.78 is 39.2. The van der Waals surface area contributed by atoms with Gasteiger partial charge in [0, 0.05) is 23.7 Å². The molecule has 1 aliphatic heterocycles. The molecule has 3 aromatic rings. The fraction of sp³-hybridized carbons (Fsp3) is 0.357. The standard InChI is InChI=1S/C28H31N3O6S/c1-18-21(12-14-27(29-18)36-16-15-28(2,3)33)22-5-4-6-24-23(22)11-13-25(24)37-20-9-7-19(8-10-20)31-17-26(32)30-38(31,34)35/h4-10,12,14,25,33H,11,13,15-17H2,1-3H3,(H,30,32)/t25-/m1/s1. The number of nitrogens with one attached hydrogen (secondary N) is 1. The van der Waals surface area contributed by atoms with Crippen molar-refractivity contribution in [2.75, 3.05) is 17.5 Å². The molecule has 0 saturated carbocycles. The van der Waals surface area contributed by atoms with E-state index in [1.807, 2.05) is 29.8 Å². The first-order valence-corrected chi connectivity index (χ1v) is 14.0. The Balaban J connectivity index is 1.31. The Morgan fingerprint density at radius 1 is 1.11 bits per heavy atom. The number of pyridine rings is 1. The zero-order valence-electron chi connectivity index (χ0n) is 21.6. The van der Waals surface area contributed by atoms with Crippen molar-refractivity contribution < 1.29 is 27.8 Å². The van der Waals surface area contributed by atoms with E-state index < -0.39 is 21.7 Å². The minimum atomic E-state index is -3.84. The van der Waals surface area contributed by atoms with Crippen molar-refractivity contribution in [3.8, 4) is 22.8 Å². The van der Waals surface area contributed by atoms with Crippen LogP contribution in [0.25, 0.3) is 11.1 Å². The molecule has 2 heterocycles. The topological polar surface area (TPSA) is 118 Å². The van der Waals surface area contributed by atoms with E-state index >= 15 is 0 Å². The molecule has 0 spiro atoms. The van der Waals surface area contributed by atoms with Gasteiger partial charge in [0.1, 0.15) is 18.4 Å². The number of ether oxygens (including phenoxy) is 2. The first kappa shape index (κ1) is 26.0. The molecule has 200 valence electrons. The predicted octanol–water partition coefficient (Wildman–Crippen LogP) is 3.84. The highest BCUT2D eigenvalue weighted by atomic mass is 32.2. The number of nitrogens with zero attached hydrogens (tertiary/aromatic N) is 2. The van der Waals surface area contributed by atoms with Crippen LogP contribution in [-0.2, 0) is 21.4 Å². The van der Waals surface area contributed by atoms with E-state index in [4.69, 9.17) is 9.47 Å². The van der Waals surface area contributed by atoms with Crippen LogP contribution in [0, 0.1) is 6.92 Å². The summed E-state index contributed by atoms with van der Waals surface area (Å²) in [6, 6.07) is 16.8. The summed E-state index contributed by atoms with van der Waals surface area (Å²) in [5.41, 5.74) is 4.98. The van der Waals surface area contributed by atoms with E-state index in [0.717, 1.165) is 39.5 Å². The first-order chi connectivity index (χ1) is 18.0. The van der Waals surface area contributed by atoms with E-state index in [-0.39, 0.29) is 12.6 Å². The molecule has 38 heavy (non-hydrogen) atoms. The first-order valence-electron chi connectivity index (χ1n) is 12.6. The fourth-order valence-corrected chi connectivity index (χ4v) is 5.98. The summed E-state index contributed by atoms with van der Waals surface area (Å²) >= 11 is 0. The Hall–Kier alpha value is -3.63. The Bertz CT molecular complexity index is 1460. The molecule has 1 aliphatic carbocycles. The molecule has 0 unspecified atom stereocenters. The minimum absolute atomic E-state index is 0.132. The average molecular weight is 538 g/mol. The van der Waals surface area contributed by atoms with Crippen LogP contribution in [0.1, 0.15) is 49.6 Å². The molecule has 1 amide bonds. The maximum absolute atomic E-state index is 12.1. The van der Waals surface area contributed by atoms with E-state index in [1.54, 1.807) is 38.1 Å². The van der Waals surface area contributed by atoms with E-state index in [1.165, 1.54) is 5.56 Å². The number of benzene rings is 2. The molecule has 2 aromatic carbocycles. The Morgan fingerprint density at radius 2 is 1.87 bits per heavy atom. The van der Waals surface area contributed by atoms with E-state index in [9.17, 15) is 18.3 Å². The molecule has 2 N–H and O–H groups in total. The molecule has 1 saturated heterocycles. The highest BCUT2D eigenvalue weighted by Crippen LogP contribution is 2.41. The van der Waals surface area contributed by atoms with Gasteiger partial charge in [-0.05, 0) is 80.6 Å². The monoisotopic (exact) mass is 537 g/mol. The number of carbonyl (C=O) groups excluding carboxylic acids is 1. The highest BCUT2D eigenvalue weighted by Gasteiger charge is 2.34. The summed E-state index contributed by atoms with van der Waals surface area (Å²) in [7, 11) is -3.84. The lowest BCUT2D eigenvalue weighted by Crippen LogP contribution is -2.29. The molecule has 10 heteroatoms. The lowest BCUT2D eigenvalue weighted by Gasteiger charge is -2.18. The number of hydrogen-bond donors (Lipinski definition) is 2. The van der Waals surface area contributed by atoms with Crippen molar-refractivity contribution in [1.29, 1.82) is 0 Å². The lowest BCUT2D eigenvalue weighted by molar-refractivity contribution is -0.117. The van der Waals surface area contributed by atoms with Crippen molar-refractivity contribution in [1.82, 2.24) is 9.71 Å². The molecule has 2 aliphatic rings. The average Bonchev–Trinajstić information content (AvgIpc) is 3.38. The Kier molecular flexibility index (Phi) is 6.79. The maximum Gasteiger partial charge on any atom is 0.326 e. The number of anilines is 1. The van der Waals surface area contributed by atoms with Crippen LogP contribution in [0.15, 0.2) is 54.6 Å². The van der Waals surface area contributed by atoms with Crippen LogP contribution in [0.3, 0.4) is 0 Å². The largest absolute Gasteiger partial charge is 0.486 e. The summed E-state index contributed by atoms with van der Waals surface area (Å²) in [4.78, 5) is 16.2. The predicted molar refractivity (Wildman–Crippen MR) is 143 cm³/mol. The molecule has 9 nitrogen and oxygen atoms in total. The quantitative estimate of drug-likeness (QED) is 0.448. The van der Waals surface area contributed by atoms with Crippen LogP contribution in [0.5, 0.6) is 11.6 Å². The number of amides is 1. The van der Waals surface area contributed by atoms with Crippen LogP contribution < -0.4 is 18.5 Å². The number of aryl methyl sites for hydroxylation is 1. The maximum atomic E-state index is 12.1. The fourth-order valence-electron chi connectivity index (χ4n) is 4.83. The zero-order chi connectivity index (χ0) is 27.1. The van der Waals surface area contributed by atoms with Gasteiger partial charge in [-0.15, -0.1) is 0 Å². The zero-order valence-corrected chi connectivity index (χ0v) is 22.4. The van der Waals surface area contributed by atoms with Gasteiger partial charge in [-0.1, -0.05) is 18.2 Å². The molecule has 5 rings (SSSR count). The Morgan fingerprint density at radius 3 is 2.53 bits per heavy atom. The normalized spacial score (nSPS) is 18.3. The molecular weight excluding hydrogens is 506 g/mol. The van der Waals surface area contributed by atoms with Crippen LogP contribution >= 0.6 is 0 Å². The number of aliphatic hydroxyl groups is 1. The van der Waals surface area contributed by atoms with Gasteiger partial charge < -0.3 is 14.6 Å². The SMILES string of the molecule is Cc1nc(OCCC(C)(C)O)ccc1-c1cccc2c1CC[C@H]2Oc1ccc(N2CC(=O)NS2(=O)=O)cc1. The number of hydrogen-bond acceptors (Lipinski definition) is 7. The highest BCUT2D eigenvalue weighted by molar-refractivity contribution is 7.92. The van der Waals surface area contributed by atoms with Crippen molar-refractivity contribution in [3.05, 3.63) is 71.4 Å². The molecule has 1 fully saturated rings. The number of fused-ring (bicyclic) bond motifs is 1. The van der Waals surface area contributed by atoms with Crippen molar-refractivity contribution in [2.24, 2.45) is 0 Å². The molecule has 1 aromatic heterocycles. The smallest absolute Gasteiger partial charge is 0.326 e.